The Labute approximate surface area is 63.2 Å². The fraction of sp³-hybridized carbons (Fsp3) is 1.00. The van der Waals surface area contributed by atoms with Crippen molar-refractivity contribution in [1.29, 1.82) is 0 Å². The Morgan fingerprint density at radius 2 is 2.00 bits per heavy atom. The predicted molar refractivity (Wildman–Crippen MR) is 41.7 cm³/mol. The molecule has 0 aliphatic rings. The highest BCUT2D eigenvalue weighted by molar-refractivity contribution is 4.52. The molecule has 0 saturated carbocycles. The van der Waals surface area contributed by atoms with E-state index in [2.05, 4.69) is 13.8 Å². The summed E-state index contributed by atoms with van der Waals surface area (Å²) in [6, 6.07) is 0. The molecule has 62 valence electrons. The Hall–Kier alpha value is -0.0800. The lowest BCUT2D eigenvalue weighted by molar-refractivity contribution is -0.182. The van der Waals surface area contributed by atoms with Crippen LogP contribution in [0.25, 0.3) is 0 Å². The van der Waals surface area contributed by atoms with E-state index in [1.165, 1.54) is 0 Å². The predicted octanol–water partition coefficient (Wildman–Crippen LogP) is 1.78. The summed E-state index contributed by atoms with van der Waals surface area (Å²) in [4.78, 5) is 0. The fourth-order valence-electron chi connectivity index (χ4n) is 0.464. The molecule has 0 aromatic heterocycles. The number of hydrogen-bond acceptors (Lipinski definition) is 2. The van der Waals surface area contributed by atoms with Crippen molar-refractivity contribution in [2.75, 3.05) is 6.61 Å². The van der Waals surface area contributed by atoms with Crippen molar-refractivity contribution < 1.29 is 9.84 Å². The standard InChI is InChI=1S/C8H18O2/c1-5-7(2)6-10-8(3,4)9/h7,9H,5-6H2,1-4H3. The third kappa shape index (κ3) is 6.05. The van der Waals surface area contributed by atoms with Gasteiger partial charge in [-0.05, 0) is 19.8 Å². The molecule has 10 heavy (non-hydrogen) atoms. The molecular weight excluding hydrogens is 128 g/mol. The summed E-state index contributed by atoms with van der Waals surface area (Å²) in [5.74, 6) is -0.435. The lowest BCUT2D eigenvalue weighted by Gasteiger charge is -2.20. The second-order valence-corrected chi connectivity index (χ2v) is 3.27. The first kappa shape index (κ1) is 9.92. The number of aliphatic hydroxyl groups is 1. The molecule has 0 bridgehead atoms. The zero-order valence-corrected chi connectivity index (χ0v) is 7.35. The second-order valence-electron chi connectivity index (χ2n) is 3.27. The second kappa shape index (κ2) is 3.94. The molecule has 1 unspecified atom stereocenters. The van der Waals surface area contributed by atoms with Crippen LogP contribution in [0.15, 0.2) is 0 Å². The number of rotatable bonds is 4. The van der Waals surface area contributed by atoms with Gasteiger partial charge in [0, 0.05) is 0 Å². The molecule has 2 heteroatoms. The Morgan fingerprint density at radius 1 is 1.50 bits per heavy atom. The van der Waals surface area contributed by atoms with Gasteiger partial charge >= 0.3 is 0 Å². The van der Waals surface area contributed by atoms with Crippen molar-refractivity contribution in [2.45, 2.75) is 39.9 Å². The van der Waals surface area contributed by atoms with Crippen molar-refractivity contribution in [3.05, 3.63) is 0 Å². The van der Waals surface area contributed by atoms with Gasteiger partial charge in [0.05, 0.1) is 6.61 Å². The largest absolute Gasteiger partial charge is 0.366 e. The first-order valence-corrected chi connectivity index (χ1v) is 3.82. The summed E-state index contributed by atoms with van der Waals surface area (Å²) in [5.41, 5.74) is 0. The summed E-state index contributed by atoms with van der Waals surface area (Å²) in [5, 5.41) is 9.14. The van der Waals surface area contributed by atoms with Crippen LogP contribution in [0, 0.1) is 5.92 Å². The molecule has 0 fully saturated rings. The molecule has 0 heterocycles. The average molecular weight is 146 g/mol. The van der Waals surface area contributed by atoms with Crippen LogP contribution in [-0.2, 0) is 4.74 Å². The van der Waals surface area contributed by atoms with Crippen LogP contribution in [-0.4, -0.2) is 17.5 Å². The molecule has 0 aromatic rings. The van der Waals surface area contributed by atoms with Gasteiger partial charge < -0.3 is 9.84 Å². The van der Waals surface area contributed by atoms with Crippen LogP contribution < -0.4 is 0 Å². The Balaban J connectivity index is 3.36. The van der Waals surface area contributed by atoms with Gasteiger partial charge in [0.15, 0.2) is 5.79 Å². The van der Waals surface area contributed by atoms with Crippen molar-refractivity contribution in [3.63, 3.8) is 0 Å². The minimum atomic E-state index is -0.969. The smallest absolute Gasteiger partial charge is 0.159 e. The molecule has 1 atom stereocenters. The zero-order valence-electron chi connectivity index (χ0n) is 7.35. The van der Waals surface area contributed by atoms with E-state index in [1.54, 1.807) is 13.8 Å². The van der Waals surface area contributed by atoms with E-state index in [0.29, 0.717) is 12.5 Å². The fourth-order valence-corrected chi connectivity index (χ4v) is 0.464. The van der Waals surface area contributed by atoms with E-state index >= 15 is 0 Å². The summed E-state index contributed by atoms with van der Waals surface area (Å²) in [7, 11) is 0. The number of ether oxygens (including phenoxy) is 1. The highest BCUT2D eigenvalue weighted by Crippen LogP contribution is 2.08. The zero-order chi connectivity index (χ0) is 8.20. The maximum absolute atomic E-state index is 9.14. The number of hydrogen-bond donors (Lipinski definition) is 1. The normalized spacial score (nSPS) is 15.3. The Kier molecular flexibility index (Phi) is 3.91. The topological polar surface area (TPSA) is 29.5 Å². The molecule has 0 radical (unpaired) electrons. The molecule has 0 aliphatic carbocycles. The van der Waals surface area contributed by atoms with E-state index in [4.69, 9.17) is 9.84 Å². The van der Waals surface area contributed by atoms with Crippen LogP contribution in [0.5, 0.6) is 0 Å². The highest BCUT2D eigenvalue weighted by atomic mass is 16.6. The summed E-state index contributed by atoms with van der Waals surface area (Å²) < 4.78 is 5.14. The van der Waals surface area contributed by atoms with E-state index in [-0.39, 0.29) is 0 Å². The lowest BCUT2D eigenvalue weighted by atomic mass is 10.1. The van der Waals surface area contributed by atoms with Gasteiger partial charge in [0.1, 0.15) is 0 Å². The third-order valence-corrected chi connectivity index (χ3v) is 1.42. The van der Waals surface area contributed by atoms with Gasteiger partial charge in [-0.25, -0.2) is 0 Å². The SMILES string of the molecule is CCC(C)COC(C)(C)O. The lowest BCUT2D eigenvalue weighted by Crippen LogP contribution is -2.25. The molecule has 1 N–H and O–H groups in total. The quantitative estimate of drug-likeness (QED) is 0.612. The van der Waals surface area contributed by atoms with Gasteiger partial charge in [-0.3, -0.25) is 0 Å². The van der Waals surface area contributed by atoms with Gasteiger partial charge in [-0.15, -0.1) is 0 Å². The summed E-state index contributed by atoms with van der Waals surface area (Å²) >= 11 is 0. The van der Waals surface area contributed by atoms with Crippen molar-refractivity contribution >= 4 is 0 Å². The van der Waals surface area contributed by atoms with Crippen molar-refractivity contribution in [3.8, 4) is 0 Å². The first-order chi connectivity index (χ1) is 4.45. The molecule has 0 saturated heterocycles. The molecule has 0 rings (SSSR count). The molecule has 2 nitrogen and oxygen atoms in total. The molecule has 0 spiro atoms. The van der Waals surface area contributed by atoms with Gasteiger partial charge in [0.2, 0.25) is 0 Å². The van der Waals surface area contributed by atoms with E-state index in [9.17, 15) is 0 Å². The maximum atomic E-state index is 9.14. The van der Waals surface area contributed by atoms with Gasteiger partial charge in [-0.1, -0.05) is 20.3 Å². The van der Waals surface area contributed by atoms with Crippen molar-refractivity contribution in [1.82, 2.24) is 0 Å². The summed E-state index contributed by atoms with van der Waals surface area (Å²) in [6.07, 6.45) is 1.09. The molecule has 0 aromatic carbocycles. The Morgan fingerprint density at radius 3 is 2.30 bits per heavy atom. The minimum absolute atomic E-state index is 0.534. The monoisotopic (exact) mass is 146 g/mol. The van der Waals surface area contributed by atoms with E-state index in [1.807, 2.05) is 0 Å². The first-order valence-electron chi connectivity index (χ1n) is 3.82. The van der Waals surface area contributed by atoms with Gasteiger partial charge in [0.25, 0.3) is 0 Å². The van der Waals surface area contributed by atoms with Crippen LogP contribution in [0.2, 0.25) is 0 Å². The molecular formula is C8H18O2. The van der Waals surface area contributed by atoms with Crippen LogP contribution in [0.1, 0.15) is 34.1 Å². The third-order valence-electron chi connectivity index (χ3n) is 1.42. The van der Waals surface area contributed by atoms with Crippen LogP contribution in [0.4, 0.5) is 0 Å². The van der Waals surface area contributed by atoms with E-state index in [0.717, 1.165) is 6.42 Å². The average Bonchev–Trinajstić information content (AvgIpc) is 1.81. The highest BCUT2D eigenvalue weighted by Gasteiger charge is 2.13. The maximum Gasteiger partial charge on any atom is 0.159 e. The van der Waals surface area contributed by atoms with Crippen molar-refractivity contribution in [2.24, 2.45) is 5.92 Å². The van der Waals surface area contributed by atoms with Crippen LogP contribution >= 0.6 is 0 Å². The Bertz CT molecular complexity index is 83.7. The minimum Gasteiger partial charge on any atom is -0.366 e. The van der Waals surface area contributed by atoms with Crippen LogP contribution in [0.3, 0.4) is 0 Å². The summed E-state index contributed by atoms with van der Waals surface area (Å²) in [6.45, 7) is 8.15. The molecule has 0 aliphatic heterocycles. The molecule has 0 amide bonds. The van der Waals surface area contributed by atoms with Gasteiger partial charge in [-0.2, -0.15) is 0 Å². The van der Waals surface area contributed by atoms with E-state index < -0.39 is 5.79 Å².